The van der Waals surface area contributed by atoms with Crippen LogP contribution in [0.2, 0.25) is 5.02 Å². The van der Waals surface area contributed by atoms with E-state index in [9.17, 15) is 4.79 Å². The lowest BCUT2D eigenvalue weighted by Crippen LogP contribution is -2.06. The zero-order valence-electron chi connectivity index (χ0n) is 10.3. The summed E-state index contributed by atoms with van der Waals surface area (Å²) >= 11 is 7.50. The quantitative estimate of drug-likeness (QED) is 0.688. The average molecular weight is 291 g/mol. The Morgan fingerprint density at radius 1 is 1.47 bits per heavy atom. The van der Waals surface area contributed by atoms with Gasteiger partial charge in [-0.3, -0.25) is 9.20 Å². The maximum Gasteiger partial charge on any atom is 0.193 e. The number of rotatable bonds is 3. The zero-order valence-corrected chi connectivity index (χ0v) is 11.8. The van der Waals surface area contributed by atoms with Gasteiger partial charge in [-0.25, -0.2) is 4.98 Å². The number of nitrogens with zero attached hydrogens (tertiary/aromatic N) is 2. The van der Waals surface area contributed by atoms with Crippen LogP contribution in [0.15, 0.2) is 36.0 Å². The summed E-state index contributed by atoms with van der Waals surface area (Å²) in [6.07, 6.45) is 4.13. The Morgan fingerprint density at radius 3 is 3.11 bits per heavy atom. The highest BCUT2D eigenvalue weighted by Gasteiger charge is 2.13. The fraction of sp³-hybridized carbons (Fsp3) is 0.143. The van der Waals surface area contributed by atoms with E-state index in [2.05, 4.69) is 4.98 Å². The summed E-state index contributed by atoms with van der Waals surface area (Å²) in [6.45, 7) is 1.91. The van der Waals surface area contributed by atoms with Crippen molar-refractivity contribution >= 4 is 33.7 Å². The van der Waals surface area contributed by atoms with E-state index < -0.39 is 0 Å². The standard InChI is InChI=1S/C14H11ClN2OS/c1-9-2-3-10(15)6-12(9)13(18)7-11-8-17-4-5-19-14(17)16-11/h2-6,8H,7H2,1H3. The molecule has 3 nitrogen and oxygen atoms in total. The van der Waals surface area contributed by atoms with Crippen molar-refractivity contribution < 1.29 is 4.79 Å². The van der Waals surface area contributed by atoms with Crippen LogP contribution in [0, 0.1) is 6.92 Å². The maximum atomic E-state index is 12.3. The monoisotopic (exact) mass is 290 g/mol. The van der Waals surface area contributed by atoms with Gasteiger partial charge in [0.1, 0.15) is 0 Å². The number of carbonyl (C=O) groups excluding carboxylic acids is 1. The van der Waals surface area contributed by atoms with Crippen LogP contribution in [-0.4, -0.2) is 15.2 Å². The largest absolute Gasteiger partial charge is 0.297 e. The third-order valence-electron chi connectivity index (χ3n) is 2.98. The summed E-state index contributed by atoms with van der Waals surface area (Å²) in [5, 5.41) is 2.55. The number of fused-ring (bicyclic) bond motifs is 1. The Bertz CT molecular complexity index is 731. The molecule has 0 unspecified atom stereocenters. The number of benzene rings is 1. The van der Waals surface area contributed by atoms with Crippen LogP contribution >= 0.6 is 22.9 Å². The van der Waals surface area contributed by atoms with E-state index in [0.29, 0.717) is 17.0 Å². The molecular formula is C14H11ClN2OS. The number of thiazole rings is 1. The SMILES string of the molecule is Cc1ccc(Cl)cc1C(=O)Cc1cn2ccsc2n1. The summed E-state index contributed by atoms with van der Waals surface area (Å²) in [5.74, 6) is 0.0470. The average Bonchev–Trinajstić information content (AvgIpc) is 2.92. The molecule has 5 heteroatoms. The van der Waals surface area contributed by atoms with Gasteiger partial charge in [-0.05, 0) is 24.6 Å². The molecule has 0 atom stereocenters. The number of hydrogen-bond acceptors (Lipinski definition) is 3. The number of ketones is 1. The van der Waals surface area contributed by atoms with Gasteiger partial charge in [-0.2, -0.15) is 0 Å². The second kappa shape index (κ2) is 4.79. The minimum Gasteiger partial charge on any atom is -0.297 e. The van der Waals surface area contributed by atoms with Crippen molar-refractivity contribution in [2.24, 2.45) is 0 Å². The van der Waals surface area contributed by atoms with E-state index in [1.807, 2.05) is 35.2 Å². The molecule has 0 aliphatic heterocycles. The molecule has 0 bridgehead atoms. The Hall–Kier alpha value is -1.65. The third-order valence-corrected chi connectivity index (χ3v) is 3.99. The molecule has 0 aliphatic rings. The molecular weight excluding hydrogens is 280 g/mol. The molecule has 96 valence electrons. The van der Waals surface area contributed by atoms with Gasteiger partial charge in [0.15, 0.2) is 10.7 Å². The molecule has 19 heavy (non-hydrogen) atoms. The van der Waals surface area contributed by atoms with Crippen LogP contribution in [0.5, 0.6) is 0 Å². The zero-order chi connectivity index (χ0) is 13.4. The molecule has 0 saturated carbocycles. The minimum atomic E-state index is 0.0470. The van der Waals surface area contributed by atoms with Crippen molar-refractivity contribution in [1.82, 2.24) is 9.38 Å². The Kier molecular flexibility index (Phi) is 3.12. The molecule has 2 heterocycles. The first kappa shape index (κ1) is 12.4. The molecule has 0 aliphatic carbocycles. The fourth-order valence-electron chi connectivity index (χ4n) is 2.02. The normalized spacial score (nSPS) is 11.1. The summed E-state index contributed by atoms with van der Waals surface area (Å²) in [6, 6.07) is 5.37. The Balaban J connectivity index is 1.88. The van der Waals surface area contributed by atoms with Crippen LogP contribution in [0.1, 0.15) is 21.6 Å². The van der Waals surface area contributed by atoms with Crippen LogP contribution in [0.25, 0.3) is 4.96 Å². The van der Waals surface area contributed by atoms with Crippen molar-refractivity contribution in [3.8, 4) is 0 Å². The lowest BCUT2D eigenvalue weighted by Gasteiger charge is -2.04. The molecule has 0 fully saturated rings. The maximum absolute atomic E-state index is 12.3. The Labute approximate surface area is 119 Å². The number of Topliss-reactive ketones (excluding diaryl/α,β-unsaturated/α-hetero) is 1. The molecule has 0 amide bonds. The number of carbonyl (C=O) groups is 1. The van der Waals surface area contributed by atoms with Gasteiger partial charge in [-0.1, -0.05) is 17.7 Å². The van der Waals surface area contributed by atoms with Gasteiger partial charge < -0.3 is 0 Å². The molecule has 0 radical (unpaired) electrons. The summed E-state index contributed by atoms with van der Waals surface area (Å²) in [5.41, 5.74) is 2.40. The second-order valence-corrected chi connectivity index (χ2v) is 5.69. The molecule has 0 saturated heterocycles. The van der Waals surface area contributed by atoms with E-state index >= 15 is 0 Å². The van der Waals surface area contributed by atoms with Crippen molar-refractivity contribution in [3.05, 3.63) is 57.8 Å². The summed E-state index contributed by atoms with van der Waals surface area (Å²) < 4.78 is 1.93. The van der Waals surface area contributed by atoms with Gasteiger partial charge in [0.05, 0.1) is 12.1 Å². The second-order valence-electron chi connectivity index (χ2n) is 4.38. The van der Waals surface area contributed by atoms with Gasteiger partial charge in [-0.15, -0.1) is 11.3 Å². The van der Waals surface area contributed by atoms with Gasteiger partial charge in [0.2, 0.25) is 0 Å². The number of aryl methyl sites for hydroxylation is 1. The predicted octanol–water partition coefficient (Wildman–Crippen LogP) is 3.78. The van der Waals surface area contributed by atoms with E-state index in [1.54, 1.807) is 23.5 Å². The van der Waals surface area contributed by atoms with Gasteiger partial charge in [0.25, 0.3) is 0 Å². The van der Waals surface area contributed by atoms with Gasteiger partial charge >= 0.3 is 0 Å². The highest BCUT2D eigenvalue weighted by molar-refractivity contribution is 7.15. The smallest absolute Gasteiger partial charge is 0.193 e. The lowest BCUT2D eigenvalue weighted by molar-refractivity contribution is 0.0991. The summed E-state index contributed by atoms with van der Waals surface area (Å²) in [7, 11) is 0. The molecule has 0 N–H and O–H groups in total. The summed E-state index contributed by atoms with van der Waals surface area (Å²) in [4.78, 5) is 17.6. The van der Waals surface area contributed by atoms with Crippen LogP contribution in [0.3, 0.4) is 0 Å². The van der Waals surface area contributed by atoms with Crippen LogP contribution in [0.4, 0.5) is 0 Å². The van der Waals surface area contributed by atoms with Crippen molar-refractivity contribution in [2.75, 3.05) is 0 Å². The first-order valence-electron chi connectivity index (χ1n) is 5.84. The van der Waals surface area contributed by atoms with Crippen molar-refractivity contribution in [1.29, 1.82) is 0 Å². The van der Waals surface area contributed by atoms with Gasteiger partial charge in [0, 0.05) is 28.4 Å². The number of halogens is 1. The highest BCUT2D eigenvalue weighted by atomic mass is 35.5. The van der Waals surface area contributed by atoms with E-state index in [0.717, 1.165) is 16.2 Å². The fourth-order valence-corrected chi connectivity index (χ4v) is 2.91. The van der Waals surface area contributed by atoms with E-state index in [1.165, 1.54) is 0 Å². The molecule has 3 rings (SSSR count). The lowest BCUT2D eigenvalue weighted by atomic mass is 10.0. The molecule has 1 aromatic carbocycles. The number of hydrogen-bond donors (Lipinski definition) is 0. The first-order chi connectivity index (χ1) is 9.13. The molecule has 2 aromatic heterocycles. The predicted molar refractivity (Wildman–Crippen MR) is 77.3 cm³/mol. The topological polar surface area (TPSA) is 34.4 Å². The first-order valence-corrected chi connectivity index (χ1v) is 7.09. The van der Waals surface area contributed by atoms with E-state index in [-0.39, 0.29) is 5.78 Å². The number of aromatic nitrogens is 2. The van der Waals surface area contributed by atoms with E-state index in [4.69, 9.17) is 11.6 Å². The highest BCUT2D eigenvalue weighted by Crippen LogP contribution is 2.18. The molecule has 0 spiro atoms. The van der Waals surface area contributed by atoms with Crippen molar-refractivity contribution in [2.45, 2.75) is 13.3 Å². The third kappa shape index (κ3) is 2.41. The number of imidazole rings is 1. The minimum absolute atomic E-state index is 0.0470. The molecule has 3 aromatic rings. The van der Waals surface area contributed by atoms with Crippen LogP contribution in [-0.2, 0) is 6.42 Å². The van der Waals surface area contributed by atoms with Crippen LogP contribution < -0.4 is 0 Å². The Morgan fingerprint density at radius 2 is 2.32 bits per heavy atom. The van der Waals surface area contributed by atoms with Crippen molar-refractivity contribution in [3.63, 3.8) is 0 Å².